The average molecular weight is 579 g/mol. The average Bonchev–Trinajstić information content (AvgIpc) is 3.49. The molecule has 7 rings (SSSR count). The van der Waals surface area contributed by atoms with Crippen molar-refractivity contribution in [2.45, 2.75) is 29.9 Å². The zero-order valence-corrected chi connectivity index (χ0v) is 25.1. The number of anilines is 1. The molecule has 3 aromatic rings. The van der Waals surface area contributed by atoms with Gasteiger partial charge in [-0.25, -0.2) is 0 Å². The summed E-state index contributed by atoms with van der Waals surface area (Å²) in [6.07, 6.45) is 2.48. The number of rotatable bonds is 8. The Kier molecular flexibility index (Phi) is 6.80. The zero-order valence-electron chi connectivity index (χ0n) is 25.1. The topological polar surface area (TPSA) is 68.3 Å². The van der Waals surface area contributed by atoms with Crippen molar-refractivity contribution in [1.82, 2.24) is 4.90 Å². The van der Waals surface area contributed by atoms with E-state index in [-0.39, 0.29) is 48.9 Å². The summed E-state index contributed by atoms with van der Waals surface area (Å²) in [6.45, 7) is 0.362. The number of likely N-dealkylation sites (N-methyl/N-ethyl adjacent to an activating group) is 1. The largest absolute Gasteiger partial charge is 0.384 e. The number of methoxy groups -OCH3 is 3. The Labute approximate surface area is 253 Å². The highest BCUT2D eigenvalue weighted by Gasteiger charge is 2.81. The number of carbonyl (C=O) groups is 2. The van der Waals surface area contributed by atoms with E-state index < -0.39 is 16.9 Å². The van der Waals surface area contributed by atoms with Crippen LogP contribution in [0, 0.1) is 17.3 Å². The molecule has 6 atom stereocenters. The van der Waals surface area contributed by atoms with Gasteiger partial charge in [0.25, 0.3) is 0 Å². The van der Waals surface area contributed by atoms with E-state index in [0.29, 0.717) is 6.42 Å². The van der Waals surface area contributed by atoms with Gasteiger partial charge in [-0.1, -0.05) is 84.9 Å². The highest BCUT2D eigenvalue weighted by Crippen LogP contribution is 2.72. The van der Waals surface area contributed by atoms with Crippen molar-refractivity contribution in [1.29, 1.82) is 0 Å². The normalized spacial score (nSPS) is 31.6. The Morgan fingerprint density at radius 3 is 2.09 bits per heavy atom. The molecule has 4 aliphatic rings. The molecule has 2 amide bonds. The number of ether oxygens (including phenoxy) is 3. The van der Waals surface area contributed by atoms with Crippen LogP contribution in [0.3, 0.4) is 0 Å². The molecule has 222 valence electrons. The first kappa shape index (κ1) is 28.0. The summed E-state index contributed by atoms with van der Waals surface area (Å²) in [4.78, 5) is 33.0. The van der Waals surface area contributed by atoms with Crippen LogP contribution in [0.15, 0.2) is 96.6 Å². The molecule has 2 saturated carbocycles. The number of benzene rings is 3. The highest BCUT2D eigenvalue weighted by molar-refractivity contribution is 6.10. The second-order valence-electron chi connectivity index (χ2n) is 12.3. The molecule has 2 aliphatic carbocycles. The van der Waals surface area contributed by atoms with Gasteiger partial charge in [-0.15, -0.1) is 0 Å². The molecule has 2 aliphatic heterocycles. The standard InChI is InChI=1S/C36H38N2O5/c1-37-31-26(19-25(23-13-7-5-8-14-23)24-15-9-6-10-16-24)28-20-30(43-4)36(32(31)35(28,21-41-2)33(37)39)27-17-11-12-18-29(27)38(22-42-3)34(36)40/h5-19,25,28,30-32H,20-22H2,1-4H3/b26-19+/t28-,30+,31-,32+,35+,36-/m0/s1. The van der Waals surface area contributed by atoms with E-state index in [1.54, 1.807) is 26.2 Å². The van der Waals surface area contributed by atoms with Gasteiger partial charge in [0.15, 0.2) is 0 Å². The van der Waals surface area contributed by atoms with Crippen molar-refractivity contribution in [3.63, 3.8) is 0 Å². The third kappa shape index (κ3) is 3.59. The molecule has 0 radical (unpaired) electrons. The summed E-state index contributed by atoms with van der Waals surface area (Å²) >= 11 is 0. The SMILES string of the molecule is COCN1C(=O)[C@]2(c3ccccc31)[C@@H]1[C@@H]3/C(=C/C(c4ccccc4)c4ccccc4)[C@H](C[C@H]2OC)[C@@]1(COC)C(=O)N3C. The van der Waals surface area contributed by atoms with Crippen molar-refractivity contribution in [2.24, 2.45) is 17.3 Å². The highest BCUT2D eigenvalue weighted by atomic mass is 16.5. The van der Waals surface area contributed by atoms with Crippen LogP contribution >= 0.6 is 0 Å². The number of amides is 2. The van der Waals surface area contributed by atoms with E-state index in [9.17, 15) is 9.59 Å². The van der Waals surface area contributed by atoms with Gasteiger partial charge in [0, 0.05) is 46.1 Å². The second-order valence-corrected chi connectivity index (χ2v) is 12.3. The predicted molar refractivity (Wildman–Crippen MR) is 164 cm³/mol. The second kappa shape index (κ2) is 10.4. The first-order chi connectivity index (χ1) is 21.0. The molecule has 7 heteroatoms. The van der Waals surface area contributed by atoms with Crippen LogP contribution < -0.4 is 4.90 Å². The lowest BCUT2D eigenvalue weighted by Crippen LogP contribution is -2.64. The molecule has 1 saturated heterocycles. The number of piperidine rings is 1. The van der Waals surface area contributed by atoms with Crippen molar-refractivity contribution >= 4 is 17.5 Å². The first-order valence-corrected chi connectivity index (χ1v) is 15.0. The molecular weight excluding hydrogens is 540 g/mol. The zero-order chi connectivity index (χ0) is 29.9. The molecule has 0 unspecified atom stereocenters. The van der Waals surface area contributed by atoms with Crippen LogP contribution in [0.1, 0.15) is 29.0 Å². The molecule has 43 heavy (non-hydrogen) atoms. The van der Waals surface area contributed by atoms with Crippen LogP contribution in [0.5, 0.6) is 0 Å². The molecule has 3 aromatic carbocycles. The molecule has 1 spiro atoms. The summed E-state index contributed by atoms with van der Waals surface area (Å²) in [5.74, 6) is -0.548. The van der Waals surface area contributed by atoms with Crippen LogP contribution in [0.4, 0.5) is 5.69 Å². The summed E-state index contributed by atoms with van der Waals surface area (Å²) in [5, 5.41) is 0. The van der Waals surface area contributed by atoms with Crippen molar-refractivity contribution in [3.05, 3.63) is 113 Å². The Morgan fingerprint density at radius 1 is 0.860 bits per heavy atom. The number of hydrogen-bond acceptors (Lipinski definition) is 5. The predicted octanol–water partition coefficient (Wildman–Crippen LogP) is 4.77. The smallest absolute Gasteiger partial charge is 0.242 e. The number of carbonyl (C=O) groups excluding carboxylic acids is 2. The van der Waals surface area contributed by atoms with Gasteiger partial charge >= 0.3 is 0 Å². The summed E-state index contributed by atoms with van der Waals surface area (Å²) in [5.41, 5.74) is 3.30. The van der Waals surface area contributed by atoms with Crippen LogP contribution in [-0.4, -0.2) is 70.6 Å². The van der Waals surface area contributed by atoms with E-state index >= 15 is 0 Å². The third-order valence-electron chi connectivity index (χ3n) is 10.7. The van der Waals surface area contributed by atoms with Gasteiger partial charge in [0.05, 0.1) is 29.9 Å². The minimum atomic E-state index is -1.07. The van der Waals surface area contributed by atoms with Gasteiger partial charge in [-0.05, 0) is 34.8 Å². The molecule has 2 heterocycles. The Hall–Kier alpha value is -3.78. The minimum Gasteiger partial charge on any atom is -0.384 e. The quantitative estimate of drug-likeness (QED) is 0.360. The molecular formula is C36H38N2O5. The fraction of sp³-hybridized carbons (Fsp3) is 0.389. The van der Waals surface area contributed by atoms with Gasteiger partial charge in [-0.3, -0.25) is 14.5 Å². The molecule has 3 fully saturated rings. The lowest BCUT2D eigenvalue weighted by molar-refractivity contribution is -0.159. The maximum absolute atomic E-state index is 14.9. The van der Waals surface area contributed by atoms with E-state index in [4.69, 9.17) is 14.2 Å². The van der Waals surface area contributed by atoms with E-state index in [1.165, 1.54) is 16.7 Å². The fourth-order valence-electron chi connectivity index (χ4n) is 9.24. The summed E-state index contributed by atoms with van der Waals surface area (Å²) in [7, 11) is 6.84. The Bertz CT molecular complexity index is 1540. The first-order valence-electron chi connectivity index (χ1n) is 15.0. The number of fused-ring (bicyclic) bond motifs is 2. The van der Waals surface area contributed by atoms with Crippen molar-refractivity contribution in [3.8, 4) is 0 Å². The number of hydrogen-bond donors (Lipinski definition) is 0. The van der Waals surface area contributed by atoms with Crippen molar-refractivity contribution < 1.29 is 23.8 Å². The van der Waals surface area contributed by atoms with E-state index in [2.05, 4.69) is 54.6 Å². The summed E-state index contributed by atoms with van der Waals surface area (Å²) in [6, 6.07) is 28.6. The van der Waals surface area contributed by atoms with Crippen molar-refractivity contribution in [2.75, 3.05) is 46.6 Å². The van der Waals surface area contributed by atoms with Gasteiger partial charge in [-0.2, -0.15) is 0 Å². The lowest BCUT2D eigenvalue weighted by Gasteiger charge is -2.51. The van der Waals surface area contributed by atoms with Crippen LogP contribution in [0.2, 0.25) is 0 Å². The summed E-state index contributed by atoms with van der Waals surface area (Å²) < 4.78 is 17.8. The maximum Gasteiger partial charge on any atom is 0.242 e. The van der Waals surface area contributed by atoms with Gasteiger partial charge in [0.1, 0.15) is 12.1 Å². The monoisotopic (exact) mass is 578 g/mol. The number of nitrogens with zero attached hydrogens (tertiary/aromatic N) is 2. The van der Waals surface area contributed by atoms with Gasteiger partial charge < -0.3 is 19.1 Å². The number of allylic oxidation sites excluding steroid dienone is 1. The Morgan fingerprint density at radius 2 is 1.49 bits per heavy atom. The lowest BCUT2D eigenvalue weighted by atomic mass is 9.52. The van der Waals surface area contributed by atoms with E-state index in [1.807, 2.05) is 48.3 Å². The Balaban J connectivity index is 1.49. The molecule has 0 aromatic heterocycles. The number of likely N-dealkylation sites (tertiary alicyclic amines) is 1. The molecule has 7 nitrogen and oxygen atoms in total. The van der Waals surface area contributed by atoms with Gasteiger partial charge in [0.2, 0.25) is 11.8 Å². The van der Waals surface area contributed by atoms with Crippen LogP contribution in [-0.2, 0) is 29.2 Å². The van der Waals surface area contributed by atoms with E-state index in [0.717, 1.165) is 11.3 Å². The molecule has 4 bridgehead atoms. The minimum absolute atomic E-state index is 0.0189. The fourth-order valence-corrected chi connectivity index (χ4v) is 9.24. The third-order valence-corrected chi connectivity index (χ3v) is 10.7. The molecule has 0 N–H and O–H groups in total. The number of para-hydroxylation sites is 1. The maximum atomic E-state index is 14.9. The van der Waals surface area contributed by atoms with Crippen LogP contribution in [0.25, 0.3) is 0 Å².